The summed E-state index contributed by atoms with van der Waals surface area (Å²) in [6, 6.07) is 4.38. The highest BCUT2D eigenvalue weighted by Gasteiger charge is 2.23. The third kappa shape index (κ3) is 4.08. The topological polar surface area (TPSA) is 88.1 Å². The van der Waals surface area contributed by atoms with Gasteiger partial charge < -0.3 is 5.32 Å². The zero-order chi connectivity index (χ0) is 22.2. The number of nitrogens with one attached hydrogen (secondary N) is 1. The summed E-state index contributed by atoms with van der Waals surface area (Å²) in [5.41, 5.74) is -0.266. The summed E-state index contributed by atoms with van der Waals surface area (Å²) in [6.07, 6.45) is -1.63. The van der Waals surface area contributed by atoms with Gasteiger partial charge in [0, 0.05) is 25.0 Å². The van der Waals surface area contributed by atoms with Gasteiger partial charge in [-0.2, -0.15) is 0 Å². The minimum Gasteiger partial charge on any atom is -0.363 e. The number of sulfonamides is 1. The van der Waals surface area contributed by atoms with Crippen LogP contribution in [-0.2, 0) is 10.0 Å². The number of nitrogens with zero attached hydrogens (tertiary/aromatic N) is 4. The van der Waals surface area contributed by atoms with Crippen molar-refractivity contribution in [2.24, 2.45) is 0 Å². The summed E-state index contributed by atoms with van der Waals surface area (Å²) in [4.78, 5) is 12.5. The number of hydrogen-bond donors (Lipinski definition) is 1. The minimum absolute atomic E-state index is 0.0346. The predicted octanol–water partition coefficient (Wildman–Crippen LogP) is 3.83. The number of aromatic nitrogens is 3. The van der Waals surface area contributed by atoms with Crippen LogP contribution in [-0.4, -0.2) is 41.8 Å². The molecule has 1 aromatic carbocycles. The monoisotopic (exact) mass is 439 g/mol. The number of halogens is 3. The lowest BCUT2D eigenvalue weighted by atomic mass is 10.0. The van der Waals surface area contributed by atoms with Crippen LogP contribution >= 0.6 is 0 Å². The SMILES string of the molecule is Cc1nc(N[C@H](C)c2cccc(C(F)F)c2F)c2cc(S(=O)(=O)N(C)C)ncc2n1. The third-order valence-corrected chi connectivity index (χ3v) is 6.24. The van der Waals surface area contributed by atoms with E-state index in [1.165, 1.54) is 38.5 Å². The van der Waals surface area contributed by atoms with Crippen molar-refractivity contribution < 1.29 is 21.6 Å². The number of benzene rings is 1. The van der Waals surface area contributed by atoms with Gasteiger partial charge in [0.15, 0.2) is 5.03 Å². The molecule has 7 nitrogen and oxygen atoms in total. The van der Waals surface area contributed by atoms with Crippen LogP contribution in [0.25, 0.3) is 10.9 Å². The van der Waals surface area contributed by atoms with Gasteiger partial charge in [-0.15, -0.1) is 0 Å². The molecule has 0 aliphatic heterocycles. The van der Waals surface area contributed by atoms with E-state index in [0.717, 1.165) is 10.4 Å². The standard InChI is InChI=1S/C19H20F3N5O2S/c1-10(12-6-5-7-13(17(12)20)18(21)22)24-19-14-8-16(30(28,29)27(3)4)23-9-15(14)25-11(2)26-19/h5-10,18H,1-4H3,(H,24,25,26)/t10-/m1/s1. The molecule has 160 valence electrons. The zero-order valence-corrected chi connectivity index (χ0v) is 17.5. The number of rotatable bonds is 6. The van der Waals surface area contributed by atoms with Gasteiger partial charge in [-0.05, 0) is 19.9 Å². The van der Waals surface area contributed by atoms with Crippen molar-refractivity contribution >= 4 is 26.7 Å². The van der Waals surface area contributed by atoms with Crippen molar-refractivity contribution in [3.63, 3.8) is 0 Å². The molecule has 30 heavy (non-hydrogen) atoms. The van der Waals surface area contributed by atoms with Crippen LogP contribution in [0.2, 0.25) is 0 Å². The van der Waals surface area contributed by atoms with E-state index in [1.807, 2.05) is 0 Å². The van der Waals surface area contributed by atoms with Crippen LogP contribution in [0.15, 0.2) is 35.5 Å². The molecule has 3 rings (SSSR count). The summed E-state index contributed by atoms with van der Waals surface area (Å²) >= 11 is 0. The smallest absolute Gasteiger partial charge is 0.266 e. The Balaban J connectivity index is 2.09. The maximum atomic E-state index is 14.5. The molecule has 11 heteroatoms. The van der Waals surface area contributed by atoms with Gasteiger partial charge in [-0.1, -0.05) is 18.2 Å². The van der Waals surface area contributed by atoms with E-state index in [9.17, 15) is 21.6 Å². The molecule has 0 unspecified atom stereocenters. The summed E-state index contributed by atoms with van der Waals surface area (Å²) < 4.78 is 66.5. The Morgan fingerprint density at radius 3 is 2.43 bits per heavy atom. The van der Waals surface area contributed by atoms with Gasteiger partial charge in [0.25, 0.3) is 16.4 Å². The molecule has 3 aromatic rings. The number of aryl methyl sites for hydroxylation is 1. The van der Waals surface area contributed by atoms with E-state index < -0.39 is 33.9 Å². The van der Waals surface area contributed by atoms with Crippen LogP contribution in [0.4, 0.5) is 19.0 Å². The Hall–Kier alpha value is -2.79. The average Bonchev–Trinajstić information content (AvgIpc) is 2.67. The summed E-state index contributed by atoms with van der Waals surface area (Å²) in [5.74, 6) is -0.381. The van der Waals surface area contributed by atoms with Crippen LogP contribution in [0.5, 0.6) is 0 Å². The molecule has 1 atom stereocenters. The van der Waals surface area contributed by atoms with E-state index in [2.05, 4.69) is 20.3 Å². The van der Waals surface area contributed by atoms with Gasteiger partial charge in [0.1, 0.15) is 17.5 Å². The molecule has 2 heterocycles. The lowest BCUT2D eigenvalue weighted by molar-refractivity contribution is 0.146. The van der Waals surface area contributed by atoms with E-state index in [0.29, 0.717) is 16.7 Å². The highest BCUT2D eigenvalue weighted by molar-refractivity contribution is 7.89. The van der Waals surface area contributed by atoms with Crippen LogP contribution in [0, 0.1) is 12.7 Å². The first-order chi connectivity index (χ1) is 14.0. The molecule has 0 aliphatic carbocycles. The van der Waals surface area contributed by atoms with Crippen LogP contribution in [0.3, 0.4) is 0 Å². The molecule has 0 radical (unpaired) electrons. The van der Waals surface area contributed by atoms with Gasteiger partial charge >= 0.3 is 0 Å². The molecular formula is C19H20F3N5O2S. The number of pyridine rings is 1. The molecule has 2 aromatic heterocycles. The Morgan fingerprint density at radius 1 is 1.13 bits per heavy atom. The largest absolute Gasteiger partial charge is 0.363 e. The fourth-order valence-electron chi connectivity index (χ4n) is 2.92. The summed E-state index contributed by atoms with van der Waals surface area (Å²) in [7, 11) is -1.04. The summed E-state index contributed by atoms with van der Waals surface area (Å²) in [6.45, 7) is 3.23. The highest BCUT2D eigenvalue weighted by atomic mass is 32.2. The zero-order valence-electron chi connectivity index (χ0n) is 16.7. The Kier molecular flexibility index (Phi) is 5.95. The lowest BCUT2D eigenvalue weighted by Crippen LogP contribution is -2.23. The second-order valence-corrected chi connectivity index (χ2v) is 8.96. The Bertz CT molecular complexity index is 1200. The van der Waals surface area contributed by atoms with Crippen molar-refractivity contribution in [1.82, 2.24) is 19.3 Å². The molecule has 0 amide bonds. The van der Waals surface area contributed by atoms with Crippen LogP contribution in [0.1, 0.15) is 36.3 Å². The first-order valence-electron chi connectivity index (χ1n) is 8.92. The van der Waals surface area contributed by atoms with Gasteiger partial charge in [0.2, 0.25) is 0 Å². The van der Waals surface area contributed by atoms with Gasteiger partial charge in [-0.25, -0.2) is 40.8 Å². The van der Waals surface area contributed by atoms with E-state index in [1.54, 1.807) is 13.8 Å². The first-order valence-corrected chi connectivity index (χ1v) is 10.4. The van der Waals surface area contributed by atoms with E-state index in [4.69, 9.17) is 0 Å². The molecule has 0 saturated heterocycles. The maximum Gasteiger partial charge on any atom is 0.266 e. The molecule has 0 fully saturated rings. The van der Waals surface area contributed by atoms with Gasteiger partial charge in [-0.3, -0.25) is 0 Å². The molecule has 0 aliphatic rings. The molecule has 1 N–H and O–H groups in total. The Labute approximate surface area is 172 Å². The quantitative estimate of drug-likeness (QED) is 0.628. The fourth-order valence-corrected chi connectivity index (χ4v) is 3.75. The van der Waals surface area contributed by atoms with Crippen molar-refractivity contribution in [3.8, 4) is 0 Å². The normalized spacial score (nSPS) is 13.2. The molecular weight excluding hydrogens is 419 g/mol. The van der Waals surface area contributed by atoms with Crippen molar-refractivity contribution in [2.75, 3.05) is 19.4 Å². The van der Waals surface area contributed by atoms with Gasteiger partial charge in [0.05, 0.1) is 23.3 Å². The number of hydrogen-bond acceptors (Lipinski definition) is 6. The second-order valence-electron chi connectivity index (χ2n) is 6.86. The van der Waals surface area contributed by atoms with E-state index >= 15 is 0 Å². The third-order valence-electron chi connectivity index (χ3n) is 4.53. The van der Waals surface area contributed by atoms with Crippen molar-refractivity contribution in [1.29, 1.82) is 0 Å². The van der Waals surface area contributed by atoms with Crippen molar-refractivity contribution in [3.05, 3.63) is 53.2 Å². The Morgan fingerprint density at radius 2 is 1.80 bits per heavy atom. The maximum absolute atomic E-state index is 14.5. The number of anilines is 1. The minimum atomic E-state index is -3.80. The van der Waals surface area contributed by atoms with Crippen molar-refractivity contribution in [2.45, 2.75) is 31.3 Å². The first kappa shape index (κ1) is 21.9. The average molecular weight is 439 g/mol. The molecule has 0 bridgehead atoms. The van der Waals surface area contributed by atoms with Crippen LogP contribution < -0.4 is 5.32 Å². The highest BCUT2D eigenvalue weighted by Crippen LogP contribution is 2.30. The lowest BCUT2D eigenvalue weighted by Gasteiger charge is -2.19. The molecule has 0 spiro atoms. The second kappa shape index (κ2) is 8.15. The predicted molar refractivity (Wildman–Crippen MR) is 106 cm³/mol. The fraction of sp³-hybridized carbons (Fsp3) is 0.316. The van der Waals surface area contributed by atoms with E-state index in [-0.39, 0.29) is 16.4 Å². The molecule has 0 saturated carbocycles. The summed E-state index contributed by atoms with van der Waals surface area (Å²) in [5, 5.41) is 3.14. The number of alkyl halides is 2. The number of fused-ring (bicyclic) bond motifs is 1.